The largest absolute Gasteiger partial charge is 0.504 e. The van der Waals surface area contributed by atoms with Crippen LogP contribution in [0, 0.1) is 0 Å². The standard InChI is InChI=1S/C22H19N5O3/c28-20(11-21(29)22-24-15-25-26-22)19-10-16(14-30-18-7-2-1-3-8-18)12-27(19)13-17-6-4-5-9-23-17/h1-12,15,29H,13-14H2,(H,24,25,26). The lowest BCUT2D eigenvalue weighted by atomic mass is 10.2. The maximum atomic E-state index is 12.9. The van der Waals surface area contributed by atoms with E-state index < -0.39 is 0 Å². The van der Waals surface area contributed by atoms with Crippen LogP contribution >= 0.6 is 0 Å². The van der Waals surface area contributed by atoms with Gasteiger partial charge in [-0.2, -0.15) is 5.10 Å². The van der Waals surface area contributed by atoms with E-state index in [1.54, 1.807) is 16.8 Å². The van der Waals surface area contributed by atoms with Crippen LogP contribution in [-0.2, 0) is 13.2 Å². The molecule has 0 saturated carbocycles. The van der Waals surface area contributed by atoms with Gasteiger partial charge in [-0.1, -0.05) is 24.3 Å². The molecular formula is C22H19N5O3. The number of nitrogens with one attached hydrogen (secondary N) is 1. The van der Waals surface area contributed by atoms with Crippen molar-refractivity contribution >= 4 is 11.5 Å². The van der Waals surface area contributed by atoms with Crippen molar-refractivity contribution < 1.29 is 14.6 Å². The third-order valence-corrected chi connectivity index (χ3v) is 4.32. The molecule has 0 aliphatic carbocycles. The van der Waals surface area contributed by atoms with Crippen LogP contribution in [-0.4, -0.2) is 35.6 Å². The highest BCUT2D eigenvalue weighted by Gasteiger charge is 2.16. The van der Waals surface area contributed by atoms with Gasteiger partial charge >= 0.3 is 0 Å². The number of ether oxygens (including phenoxy) is 1. The molecule has 0 unspecified atom stereocenters. The van der Waals surface area contributed by atoms with Crippen LogP contribution in [0.1, 0.15) is 27.6 Å². The number of aliphatic hydroxyl groups is 1. The van der Waals surface area contributed by atoms with Gasteiger partial charge in [0.1, 0.15) is 18.7 Å². The maximum Gasteiger partial charge on any atom is 0.215 e. The Kier molecular flexibility index (Phi) is 5.66. The second-order valence-electron chi connectivity index (χ2n) is 6.50. The summed E-state index contributed by atoms with van der Waals surface area (Å²) in [5, 5.41) is 16.4. The summed E-state index contributed by atoms with van der Waals surface area (Å²) in [5.41, 5.74) is 2.03. The lowest BCUT2D eigenvalue weighted by Gasteiger charge is -2.06. The van der Waals surface area contributed by atoms with Gasteiger partial charge in [-0.25, -0.2) is 4.98 Å². The van der Waals surface area contributed by atoms with Crippen LogP contribution in [0.3, 0.4) is 0 Å². The highest BCUT2D eigenvalue weighted by molar-refractivity contribution is 6.06. The zero-order chi connectivity index (χ0) is 20.8. The molecule has 0 spiro atoms. The van der Waals surface area contributed by atoms with E-state index >= 15 is 0 Å². The normalized spacial score (nSPS) is 11.4. The number of carbonyl (C=O) groups excluding carboxylic acids is 1. The topological polar surface area (TPSA) is 106 Å². The van der Waals surface area contributed by atoms with E-state index in [-0.39, 0.29) is 17.4 Å². The van der Waals surface area contributed by atoms with Gasteiger partial charge in [0.2, 0.25) is 11.6 Å². The Hall–Kier alpha value is -4.20. The zero-order valence-corrected chi connectivity index (χ0v) is 16.0. The van der Waals surface area contributed by atoms with Crippen LogP contribution in [0.25, 0.3) is 5.76 Å². The number of rotatable bonds is 8. The zero-order valence-electron chi connectivity index (χ0n) is 16.0. The number of carbonyl (C=O) groups is 1. The fourth-order valence-electron chi connectivity index (χ4n) is 2.93. The van der Waals surface area contributed by atoms with Crippen molar-refractivity contribution in [3.8, 4) is 5.75 Å². The maximum absolute atomic E-state index is 12.9. The molecule has 0 saturated heterocycles. The van der Waals surface area contributed by atoms with Crippen molar-refractivity contribution in [3.05, 3.63) is 102 Å². The van der Waals surface area contributed by atoms with Gasteiger partial charge in [0, 0.05) is 24.0 Å². The molecule has 8 nitrogen and oxygen atoms in total. The van der Waals surface area contributed by atoms with Crippen LogP contribution < -0.4 is 4.74 Å². The van der Waals surface area contributed by atoms with E-state index in [9.17, 15) is 9.90 Å². The summed E-state index contributed by atoms with van der Waals surface area (Å²) in [6.45, 7) is 0.707. The van der Waals surface area contributed by atoms with E-state index in [2.05, 4.69) is 20.2 Å². The number of aromatic nitrogens is 5. The number of nitrogens with zero attached hydrogens (tertiary/aromatic N) is 4. The molecule has 0 radical (unpaired) electrons. The van der Waals surface area contributed by atoms with Crippen molar-refractivity contribution in [2.24, 2.45) is 0 Å². The predicted octanol–water partition coefficient (Wildman–Crippen LogP) is 3.41. The van der Waals surface area contributed by atoms with Crippen molar-refractivity contribution in [2.75, 3.05) is 0 Å². The summed E-state index contributed by atoms with van der Waals surface area (Å²) in [4.78, 5) is 21.0. The first-order valence-electron chi connectivity index (χ1n) is 9.27. The van der Waals surface area contributed by atoms with Crippen molar-refractivity contribution in [3.63, 3.8) is 0 Å². The fraction of sp³-hybridized carbons (Fsp3) is 0.0909. The molecule has 0 atom stereocenters. The minimum absolute atomic E-state index is 0.0545. The number of aliphatic hydroxyl groups excluding tert-OH is 1. The van der Waals surface area contributed by atoms with Gasteiger partial charge in [0.05, 0.1) is 17.9 Å². The smallest absolute Gasteiger partial charge is 0.215 e. The highest BCUT2D eigenvalue weighted by atomic mass is 16.5. The Bertz CT molecular complexity index is 1140. The van der Waals surface area contributed by atoms with Crippen molar-refractivity contribution in [2.45, 2.75) is 13.2 Å². The second kappa shape index (κ2) is 8.87. The molecule has 4 rings (SSSR count). The first-order valence-corrected chi connectivity index (χ1v) is 9.27. The van der Waals surface area contributed by atoms with Gasteiger partial charge in [-0.15, -0.1) is 0 Å². The lowest BCUT2D eigenvalue weighted by molar-refractivity contribution is 0.103. The minimum Gasteiger partial charge on any atom is -0.504 e. The predicted molar refractivity (Wildman–Crippen MR) is 110 cm³/mol. The lowest BCUT2D eigenvalue weighted by Crippen LogP contribution is -2.09. The molecule has 1 aromatic carbocycles. The van der Waals surface area contributed by atoms with Gasteiger partial charge < -0.3 is 14.4 Å². The Morgan fingerprint density at radius 3 is 2.70 bits per heavy atom. The Morgan fingerprint density at radius 1 is 1.13 bits per heavy atom. The van der Waals surface area contributed by atoms with Crippen molar-refractivity contribution in [1.82, 2.24) is 24.7 Å². The molecule has 2 N–H and O–H groups in total. The average molecular weight is 401 g/mol. The summed E-state index contributed by atoms with van der Waals surface area (Å²) >= 11 is 0. The summed E-state index contributed by atoms with van der Waals surface area (Å²) in [6.07, 6.45) is 5.99. The number of pyridine rings is 1. The first-order chi connectivity index (χ1) is 14.7. The molecule has 4 aromatic rings. The molecule has 8 heteroatoms. The minimum atomic E-state index is -0.376. The number of hydrogen-bond donors (Lipinski definition) is 2. The first kappa shape index (κ1) is 19.1. The summed E-state index contributed by atoms with van der Waals surface area (Å²) < 4.78 is 7.59. The quantitative estimate of drug-likeness (QED) is 0.266. The third kappa shape index (κ3) is 4.61. The van der Waals surface area contributed by atoms with Gasteiger partial charge in [0.15, 0.2) is 5.76 Å². The number of para-hydroxylation sites is 1. The van der Waals surface area contributed by atoms with Crippen molar-refractivity contribution in [1.29, 1.82) is 0 Å². The van der Waals surface area contributed by atoms with Crippen LogP contribution in [0.4, 0.5) is 0 Å². The highest BCUT2D eigenvalue weighted by Crippen LogP contribution is 2.17. The van der Waals surface area contributed by atoms with E-state index in [0.29, 0.717) is 18.8 Å². The van der Waals surface area contributed by atoms with Gasteiger partial charge in [-0.05, 0) is 30.3 Å². The second-order valence-corrected chi connectivity index (χ2v) is 6.50. The van der Waals surface area contributed by atoms with E-state index in [0.717, 1.165) is 23.1 Å². The molecule has 150 valence electrons. The average Bonchev–Trinajstić information content (AvgIpc) is 3.44. The number of hydrogen-bond acceptors (Lipinski definition) is 6. The Balaban J connectivity index is 1.60. The van der Waals surface area contributed by atoms with E-state index in [1.807, 2.05) is 54.7 Å². The Labute approximate surface area is 172 Å². The third-order valence-electron chi connectivity index (χ3n) is 4.32. The molecule has 0 aliphatic rings. The van der Waals surface area contributed by atoms with Crippen LogP contribution in [0.15, 0.2) is 79.4 Å². The fourth-order valence-corrected chi connectivity index (χ4v) is 2.93. The molecule has 3 aromatic heterocycles. The van der Waals surface area contributed by atoms with Gasteiger partial charge in [0.25, 0.3) is 0 Å². The van der Waals surface area contributed by atoms with Crippen LogP contribution in [0.2, 0.25) is 0 Å². The number of allylic oxidation sites excluding steroid dienone is 1. The van der Waals surface area contributed by atoms with E-state index in [4.69, 9.17) is 4.74 Å². The summed E-state index contributed by atoms with van der Waals surface area (Å²) in [7, 11) is 0. The molecule has 0 bridgehead atoms. The molecule has 0 aliphatic heterocycles. The summed E-state index contributed by atoms with van der Waals surface area (Å²) in [6, 6.07) is 16.8. The number of H-pyrrole nitrogens is 1. The summed E-state index contributed by atoms with van der Waals surface area (Å²) in [5.74, 6) is 0.108. The molecular weight excluding hydrogens is 382 g/mol. The van der Waals surface area contributed by atoms with Gasteiger partial charge in [-0.3, -0.25) is 14.9 Å². The number of aromatic amines is 1. The number of ketones is 1. The molecule has 0 fully saturated rings. The number of benzene rings is 1. The molecule has 30 heavy (non-hydrogen) atoms. The Morgan fingerprint density at radius 2 is 1.97 bits per heavy atom. The monoisotopic (exact) mass is 401 g/mol. The van der Waals surface area contributed by atoms with Crippen LogP contribution in [0.5, 0.6) is 5.75 Å². The molecule has 3 heterocycles. The van der Waals surface area contributed by atoms with E-state index in [1.165, 1.54) is 6.33 Å². The molecule has 0 amide bonds. The SMILES string of the molecule is O=C(C=C(O)c1nc[nH]n1)c1cc(COc2ccccc2)cn1Cc1ccccn1.